The van der Waals surface area contributed by atoms with E-state index in [0.29, 0.717) is 0 Å². The molecule has 0 heterocycles. The largest absolute Gasteiger partial charge is 0.872 e. The Labute approximate surface area is 148 Å². The summed E-state index contributed by atoms with van der Waals surface area (Å²) in [5, 5.41) is 12.1. The number of allylic oxidation sites excluding steroid dienone is 5. The zero-order valence-corrected chi connectivity index (χ0v) is 15.0. The average Bonchev–Trinajstić information content (AvgIpc) is 2.58. The summed E-state index contributed by atoms with van der Waals surface area (Å²) in [4.78, 5) is 12.1. The first kappa shape index (κ1) is 17.0. The smallest absolute Gasteiger partial charge is 0.184 e. The van der Waals surface area contributed by atoms with Gasteiger partial charge in [-0.1, -0.05) is 53.6 Å². The lowest BCUT2D eigenvalue weighted by atomic mass is 9.86. The van der Waals surface area contributed by atoms with E-state index in [9.17, 15) is 9.90 Å². The Morgan fingerprint density at radius 1 is 0.800 bits per heavy atom. The molecule has 0 aromatic heterocycles. The Morgan fingerprint density at radius 2 is 1.32 bits per heavy atom. The van der Waals surface area contributed by atoms with Gasteiger partial charge in [-0.2, -0.15) is 0 Å². The van der Waals surface area contributed by atoms with E-state index in [1.165, 1.54) is 0 Å². The maximum atomic E-state index is 12.1. The fourth-order valence-corrected chi connectivity index (χ4v) is 3.29. The molecule has 0 radical (unpaired) electrons. The summed E-state index contributed by atoms with van der Waals surface area (Å²) in [5.74, 6) is 0.164. The third-order valence-corrected chi connectivity index (χ3v) is 4.56. The van der Waals surface area contributed by atoms with Gasteiger partial charge in [-0.15, -0.1) is 5.75 Å². The van der Waals surface area contributed by atoms with E-state index in [2.05, 4.69) is 12.1 Å². The van der Waals surface area contributed by atoms with Crippen molar-refractivity contribution in [3.8, 4) is 5.75 Å². The summed E-state index contributed by atoms with van der Waals surface area (Å²) < 4.78 is 0. The molecular weight excluding hydrogens is 308 g/mol. The van der Waals surface area contributed by atoms with E-state index in [-0.39, 0.29) is 11.5 Å². The van der Waals surface area contributed by atoms with Gasteiger partial charge in [0.25, 0.3) is 0 Å². The predicted octanol–water partition coefficient (Wildman–Crippen LogP) is 4.65. The van der Waals surface area contributed by atoms with Gasteiger partial charge in [0.05, 0.1) is 0 Å². The minimum Gasteiger partial charge on any atom is -0.872 e. The monoisotopic (exact) mass is 329 g/mol. The number of carbonyl (C=O) groups is 1. The molecule has 0 atom stereocenters. The molecule has 126 valence electrons. The third kappa shape index (κ3) is 3.20. The van der Waals surface area contributed by atoms with Gasteiger partial charge in [0.2, 0.25) is 0 Å². The second kappa shape index (κ2) is 6.56. The zero-order chi connectivity index (χ0) is 18.1. The van der Waals surface area contributed by atoms with Crippen LogP contribution in [0, 0.1) is 13.8 Å². The van der Waals surface area contributed by atoms with Gasteiger partial charge in [0, 0.05) is 0 Å². The number of hydrogen-bond acceptors (Lipinski definition) is 2. The summed E-state index contributed by atoms with van der Waals surface area (Å²) in [6.07, 6.45) is 3.88. The third-order valence-electron chi connectivity index (χ3n) is 4.56. The maximum Gasteiger partial charge on any atom is 0.184 e. The van der Waals surface area contributed by atoms with Crippen LogP contribution in [0.25, 0.3) is 5.57 Å². The highest BCUT2D eigenvalue weighted by atomic mass is 16.3. The Balaban J connectivity index is 2.33. The van der Waals surface area contributed by atoms with Crippen LogP contribution in [0.4, 0.5) is 0 Å². The second-order valence-corrected chi connectivity index (χ2v) is 6.62. The van der Waals surface area contributed by atoms with Crippen LogP contribution in [0.2, 0.25) is 0 Å². The molecule has 0 saturated carbocycles. The molecule has 0 spiro atoms. The molecule has 2 nitrogen and oxygen atoms in total. The Bertz CT molecular complexity index is 894. The lowest BCUT2D eigenvalue weighted by molar-refractivity contribution is -0.270. The molecule has 0 amide bonds. The molecule has 1 aliphatic rings. The number of ketones is 1. The number of hydrogen-bond donors (Lipinski definition) is 0. The first-order valence-electron chi connectivity index (χ1n) is 8.38. The van der Waals surface area contributed by atoms with E-state index in [0.717, 1.165) is 44.5 Å². The van der Waals surface area contributed by atoms with Crippen LogP contribution in [0.5, 0.6) is 5.75 Å². The van der Waals surface area contributed by atoms with Crippen molar-refractivity contribution in [3.63, 3.8) is 0 Å². The van der Waals surface area contributed by atoms with Gasteiger partial charge in [-0.25, -0.2) is 0 Å². The molecule has 0 unspecified atom stereocenters. The minimum atomic E-state index is 0.0819. The summed E-state index contributed by atoms with van der Waals surface area (Å²) in [5.41, 5.74) is 7.04. The van der Waals surface area contributed by atoms with Gasteiger partial charge >= 0.3 is 0 Å². The topological polar surface area (TPSA) is 40.1 Å². The summed E-state index contributed by atoms with van der Waals surface area (Å²) in [6.45, 7) is 7.38. The van der Waals surface area contributed by atoms with Crippen molar-refractivity contribution >= 4 is 11.4 Å². The van der Waals surface area contributed by atoms with E-state index < -0.39 is 0 Å². The molecular formula is C23H21O2-. The Hall–Kier alpha value is -2.87. The molecule has 2 aromatic carbocycles. The Morgan fingerprint density at radius 3 is 1.84 bits per heavy atom. The molecule has 0 aliphatic heterocycles. The van der Waals surface area contributed by atoms with Crippen molar-refractivity contribution in [2.75, 3.05) is 0 Å². The summed E-state index contributed by atoms with van der Waals surface area (Å²) >= 11 is 0. The van der Waals surface area contributed by atoms with Gasteiger partial charge in [0.15, 0.2) is 5.78 Å². The molecule has 0 bridgehead atoms. The average molecular weight is 329 g/mol. The zero-order valence-electron chi connectivity index (χ0n) is 15.0. The number of Topliss-reactive ketones (excluding diaryl/α,β-unsaturated/α-hetero) is 1. The van der Waals surface area contributed by atoms with Crippen LogP contribution in [-0.2, 0) is 4.79 Å². The predicted molar refractivity (Wildman–Crippen MR) is 100 cm³/mol. The van der Waals surface area contributed by atoms with Crippen LogP contribution in [0.1, 0.15) is 36.1 Å². The second-order valence-electron chi connectivity index (χ2n) is 6.62. The lowest BCUT2D eigenvalue weighted by Gasteiger charge is -2.20. The number of rotatable bonds is 2. The molecule has 25 heavy (non-hydrogen) atoms. The quantitative estimate of drug-likeness (QED) is 0.804. The normalized spacial score (nSPS) is 14.2. The first-order valence-corrected chi connectivity index (χ1v) is 8.38. The van der Waals surface area contributed by atoms with E-state index in [1.807, 2.05) is 70.2 Å². The van der Waals surface area contributed by atoms with Crippen LogP contribution in [-0.4, -0.2) is 5.78 Å². The van der Waals surface area contributed by atoms with E-state index >= 15 is 0 Å². The van der Waals surface area contributed by atoms with Crippen LogP contribution in [0.15, 0.2) is 71.3 Å². The van der Waals surface area contributed by atoms with Crippen molar-refractivity contribution in [2.45, 2.75) is 27.7 Å². The number of carbonyl (C=O) groups excluding carboxylic acids is 1. The van der Waals surface area contributed by atoms with Crippen molar-refractivity contribution in [1.82, 2.24) is 0 Å². The molecule has 0 N–H and O–H groups in total. The first-order chi connectivity index (χ1) is 11.9. The van der Waals surface area contributed by atoms with E-state index in [1.54, 1.807) is 0 Å². The van der Waals surface area contributed by atoms with E-state index in [4.69, 9.17) is 0 Å². The fraction of sp³-hybridized carbons (Fsp3) is 0.174. The Kier molecular flexibility index (Phi) is 4.45. The highest BCUT2D eigenvalue weighted by molar-refractivity contribution is 6.10. The number of aryl methyl sites for hydroxylation is 2. The lowest BCUT2D eigenvalue weighted by Crippen LogP contribution is -2.08. The summed E-state index contributed by atoms with van der Waals surface area (Å²) in [7, 11) is 0. The fourth-order valence-electron chi connectivity index (χ4n) is 3.29. The van der Waals surface area contributed by atoms with Crippen molar-refractivity contribution < 1.29 is 9.90 Å². The van der Waals surface area contributed by atoms with Crippen molar-refractivity contribution in [1.29, 1.82) is 0 Å². The van der Waals surface area contributed by atoms with Crippen LogP contribution in [0.3, 0.4) is 0 Å². The standard InChI is InChI=1S/C23H22O2/c1-14-10-19(11-15(2)22(14)24)21(18-8-6-5-7-9-18)20-12-16(3)23(25)17(4)13-20/h5-13,24H,1-4H3/p-1. The highest BCUT2D eigenvalue weighted by Gasteiger charge is 2.17. The van der Waals surface area contributed by atoms with Gasteiger partial charge in [-0.05, 0) is 73.3 Å². The number of benzene rings is 2. The summed E-state index contributed by atoms with van der Waals surface area (Å²) in [6, 6.07) is 14.0. The molecule has 3 rings (SSSR count). The van der Waals surface area contributed by atoms with Crippen LogP contribution < -0.4 is 5.11 Å². The SMILES string of the molecule is CC1=CC(=C(c2ccccc2)c2cc(C)c([O-])c(C)c2)C=C(C)C1=O. The van der Waals surface area contributed by atoms with Gasteiger partial charge in [0.1, 0.15) is 0 Å². The van der Waals surface area contributed by atoms with Gasteiger partial charge in [-0.3, -0.25) is 4.79 Å². The maximum absolute atomic E-state index is 12.1. The van der Waals surface area contributed by atoms with Crippen molar-refractivity contribution in [2.24, 2.45) is 0 Å². The molecule has 0 saturated heterocycles. The van der Waals surface area contributed by atoms with Crippen molar-refractivity contribution in [3.05, 3.63) is 93.6 Å². The highest BCUT2D eigenvalue weighted by Crippen LogP contribution is 2.34. The molecule has 2 heteroatoms. The molecule has 1 aliphatic carbocycles. The van der Waals surface area contributed by atoms with Crippen LogP contribution >= 0.6 is 0 Å². The minimum absolute atomic E-state index is 0.0819. The van der Waals surface area contributed by atoms with Gasteiger partial charge < -0.3 is 5.11 Å². The molecule has 2 aromatic rings. The molecule has 0 fully saturated rings.